The van der Waals surface area contributed by atoms with E-state index in [-0.39, 0.29) is 0 Å². The van der Waals surface area contributed by atoms with Crippen molar-refractivity contribution < 1.29 is 4.74 Å². The van der Waals surface area contributed by atoms with Crippen molar-refractivity contribution in [2.24, 2.45) is 0 Å². The standard InChI is InChI=1S/C18H21N3O/c1-10(2)13-9-14(11(3)7-17(13)22-4)18-15-8-12(19)5-6-16(15)20-21-18/h5-10H,19H2,1-4H3,(H,20,21). The molecule has 0 amide bonds. The molecule has 4 nitrogen and oxygen atoms in total. The molecule has 1 heterocycles. The summed E-state index contributed by atoms with van der Waals surface area (Å²) in [7, 11) is 1.71. The van der Waals surface area contributed by atoms with Gasteiger partial charge in [-0.15, -0.1) is 0 Å². The van der Waals surface area contributed by atoms with Gasteiger partial charge in [0.05, 0.1) is 12.6 Å². The third-order valence-electron chi connectivity index (χ3n) is 4.04. The Morgan fingerprint density at radius 1 is 1.18 bits per heavy atom. The van der Waals surface area contributed by atoms with Gasteiger partial charge in [-0.2, -0.15) is 5.10 Å². The number of ether oxygens (including phenoxy) is 1. The Bertz CT molecular complexity index is 834. The Morgan fingerprint density at radius 3 is 2.64 bits per heavy atom. The number of aromatic nitrogens is 2. The molecule has 0 aliphatic rings. The average Bonchev–Trinajstić information content (AvgIpc) is 2.89. The minimum atomic E-state index is 0.379. The number of nitrogen functional groups attached to an aromatic ring is 1. The Morgan fingerprint density at radius 2 is 1.95 bits per heavy atom. The Kier molecular flexibility index (Phi) is 3.53. The number of benzene rings is 2. The number of aromatic amines is 1. The number of nitrogens with one attached hydrogen (secondary N) is 1. The summed E-state index contributed by atoms with van der Waals surface area (Å²) in [6.45, 7) is 6.41. The minimum absolute atomic E-state index is 0.379. The number of nitrogens with two attached hydrogens (primary N) is 1. The number of aryl methyl sites for hydroxylation is 1. The summed E-state index contributed by atoms with van der Waals surface area (Å²) in [6, 6.07) is 10.1. The summed E-state index contributed by atoms with van der Waals surface area (Å²) >= 11 is 0. The van der Waals surface area contributed by atoms with Gasteiger partial charge in [-0.25, -0.2) is 0 Å². The molecule has 4 heteroatoms. The van der Waals surface area contributed by atoms with E-state index in [4.69, 9.17) is 10.5 Å². The highest BCUT2D eigenvalue weighted by atomic mass is 16.5. The summed E-state index contributed by atoms with van der Waals surface area (Å²) in [6.07, 6.45) is 0. The SMILES string of the molecule is COc1cc(C)c(-c2n[nH]c3ccc(N)cc23)cc1C(C)C. The topological polar surface area (TPSA) is 63.9 Å². The number of fused-ring (bicyclic) bond motifs is 1. The molecule has 0 spiro atoms. The van der Waals surface area contributed by atoms with E-state index in [0.717, 1.165) is 39.2 Å². The van der Waals surface area contributed by atoms with Gasteiger partial charge in [0, 0.05) is 16.6 Å². The number of rotatable bonds is 3. The summed E-state index contributed by atoms with van der Waals surface area (Å²) in [4.78, 5) is 0. The van der Waals surface area contributed by atoms with Crippen molar-refractivity contribution in [2.45, 2.75) is 26.7 Å². The number of methoxy groups -OCH3 is 1. The first kappa shape index (κ1) is 14.4. The zero-order chi connectivity index (χ0) is 15.9. The number of hydrogen-bond donors (Lipinski definition) is 2. The van der Waals surface area contributed by atoms with Crippen LogP contribution in [0.2, 0.25) is 0 Å². The number of hydrogen-bond acceptors (Lipinski definition) is 3. The maximum atomic E-state index is 5.93. The lowest BCUT2D eigenvalue weighted by molar-refractivity contribution is 0.407. The molecule has 1 aromatic heterocycles. The van der Waals surface area contributed by atoms with Crippen molar-refractivity contribution in [2.75, 3.05) is 12.8 Å². The van der Waals surface area contributed by atoms with E-state index >= 15 is 0 Å². The molecule has 0 saturated heterocycles. The van der Waals surface area contributed by atoms with Gasteiger partial charge >= 0.3 is 0 Å². The molecular formula is C18H21N3O. The molecule has 3 N–H and O–H groups in total. The van der Waals surface area contributed by atoms with E-state index in [1.807, 2.05) is 18.2 Å². The fraction of sp³-hybridized carbons (Fsp3) is 0.278. The second-order valence-electron chi connectivity index (χ2n) is 5.94. The third-order valence-corrected chi connectivity index (χ3v) is 4.04. The fourth-order valence-electron chi connectivity index (χ4n) is 2.82. The van der Waals surface area contributed by atoms with Crippen LogP contribution in [0.4, 0.5) is 5.69 Å². The van der Waals surface area contributed by atoms with Crippen LogP contribution in [-0.2, 0) is 0 Å². The molecule has 0 aliphatic carbocycles. The van der Waals surface area contributed by atoms with Crippen molar-refractivity contribution in [3.8, 4) is 17.0 Å². The van der Waals surface area contributed by atoms with Gasteiger partial charge in [0.1, 0.15) is 11.4 Å². The Hall–Kier alpha value is -2.49. The normalized spacial score (nSPS) is 11.3. The van der Waals surface area contributed by atoms with Crippen molar-refractivity contribution in [1.82, 2.24) is 10.2 Å². The van der Waals surface area contributed by atoms with E-state index in [1.165, 1.54) is 5.56 Å². The first-order chi connectivity index (χ1) is 10.5. The highest BCUT2D eigenvalue weighted by molar-refractivity contribution is 5.95. The van der Waals surface area contributed by atoms with Gasteiger partial charge in [-0.1, -0.05) is 13.8 Å². The highest BCUT2D eigenvalue weighted by Gasteiger charge is 2.16. The molecular weight excluding hydrogens is 274 g/mol. The lowest BCUT2D eigenvalue weighted by Crippen LogP contribution is -1.97. The van der Waals surface area contributed by atoms with Crippen molar-refractivity contribution in [1.29, 1.82) is 0 Å². The lowest BCUT2D eigenvalue weighted by atomic mass is 9.94. The Labute approximate surface area is 130 Å². The van der Waals surface area contributed by atoms with E-state index in [2.05, 4.69) is 43.1 Å². The van der Waals surface area contributed by atoms with Gasteiger partial charge < -0.3 is 10.5 Å². The zero-order valence-corrected chi connectivity index (χ0v) is 13.4. The van der Waals surface area contributed by atoms with Crippen LogP contribution < -0.4 is 10.5 Å². The van der Waals surface area contributed by atoms with Gasteiger partial charge in [0.25, 0.3) is 0 Å². The lowest BCUT2D eigenvalue weighted by Gasteiger charge is -2.15. The monoisotopic (exact) mass is 295 g/mol. The van der Waals surface area contributed by atoms with Gasteiger partial charge in [-0.05, 0) is 54.3 Å². The molecule has 0 aliphatic heterocycles. The maximum absolute atomic E-state index is 5.93. The van der Waals surface area contributed by atoms with Crippen LogP contribution in [0.5, 0.6) is 5.75 Å². The van der Waals surface area contributed by atoms with Crippen LogP contribution >= 0.6 is 0 Å². The van der Waals surface area contributed by atoms with Crippen molar-refractivity contribution in [3.05, 3.63) is 41.5 Å². The van der Waals surface area contributed by atoms with Crippen LogP contribution in [0.15, 0.2) is 30.3 Å². The zero-order valence-electron chi connectivity index (χ0n) is 13.4. The average molecular weight is 295 g/mol. The summed E-state index contributed by atoms with van der Waals surface area (Å²) in [5.74, 6) is 1.31. The van der Waals surface area contributed by atoms with E-state index in [9.17, 15) is 0 Å². The van der Waals surface area contributed by atoms with E-state index in [1.54, 1.807) is 7.11 Å². The van der Waals surface area contributed by atoms with Gasteiger partial charge in [0.15, 0.2) is 0 Å². The molecule has 0 unspecified atom stereocenters. The third kappa shape index (κ3) is 2.30. The van der Waals surface area contributed by atoms with Crippen molar-refractivity contribution >= 4 is 16.6 Å². The second-order valence-corrected chi connectivity index (χ2v) is 5.94. The largest absolute Gasteiger partial charge is 0.496 e. The maximum Gasteiger partial charge on any atom is 0.122 e. The molecule has 0 atom stereocenters. The second kappa shape index (κ2) is 5.37. The van der Waals surface area contributed by atoms with Crippen LogP contribution in [0.3, 0.4) is 0 Å². The summed E-state index contributed by atoms with van der Waals surface area (Å²) < 4.78 is 5.52. The van der Waals surface area contributed by atoms with E-state index < -0.39 is 0 Å². The van der Waals surface area contributed by atoms with Crippen LogP contribution in [0.1, 0.15) is 30.9 Å². The van der Waals surface area contributed by atoms with Gasteiger partial charge in [0.2, 0.25) is 0 Å². The number of H-pyrrole nitrogens is 1. The molecule has 0 radical (unpaired) electrons. The van der Waals surface area contributed by atoms with Crippen LogP contribution in [-0.4, -0.2) is 17.3 Å². The van der Waals surface area contributed by atoms with Crippen molar-refractivity contribution in [3.63, 3.8) is 0 Å². The number of anilines is 1. The molecule has 114 valence electrons. The predicted molar refractivity (Wildman–Crippen MR) is 91.3 cm³/mol. The van der Waals surface area contributed by atoms with Gasteiger partial charge in [-0.3, -0.25) is 5.10 Å². The predicted octanol–water partition coefficient (Wildman–Crippen LogP) is 4.25. The Balaban J connectivity index is 2.26. The molecule has 22 heavy (non-hydrogen) atoms. The van der Waals surface area contributed by atoms with Crippen LogP contribution in [0.25, 0.3) is 22.2 Å². The molecule has 0 bridgehead atoms. The molecule has 0 saturated carbocycles. The van der Waals surface area contributed by atoms with E-state index in [0.29, 0.717) is 5.92 Å². The molecule has 2 aromatic carbocycles. The highest BCUT2D eigenvalue weighted by Crippen LogP contribution is 2.36. The fourth-order valence-corrected chi connectivity index (χ4v) is 2.82. The quantitative estimate of drug-likeness (QED) is 0.710. The molecule has 0 fully saturated rings. The minimum Gasteiger partial charge on any atom is -0.496 e. The smallest absolute Gasteiger partial charge is 0.122 e. The molecule has 3 rings (SSSR count). The number of nitrogens with zero attached hydrogens (tertiary/aromatic N) is 1. The van der Waals surface area contributed by atoms with Crippen LogP contribution in [0, 0.1) is 6.92 Å². The summed E-state index contributed by atoms with van der Waals surface area (Å²) in [5, 5.41) is 8.63. The first-order valence-electron chi connectivity index (χ1n) is 7.43. The first-order valence-corrected chi connectivity index (χ1v) is 7.43. The summed E-state index contributed by atoms with van der Waals surface area (Å²) in [5.41, 5.74) is 12.0. The molecule has 3 aromatic rings.